The normalized spacial score (nSPS) is 24.3. The molecule has 88 valence electrons. The van der Waals surface area contributed by atoms with Gasteiger partial charge in [-0.05, 0) is 34.4 Å². The standard InChI is InChI=1S/C15H16OS/c16-15-10-17-9-13(15)8-12-6-3-5-11-4-1-2-7-14(11)12/h1-7,13,15-16H,8-10H2. The minimum atomic E-state index is -0.126. The molecule has 2 aromatic rings. The van der Waals surface area contributed by atoms with Crippen LogP contribution in [0.4, 0.5) is 0 Å². The van der Waals surface area contributed by atoms with E-state index in [4.69, 9.17) is 0 Å². The van der Waals surface area contributed by atoms with E-state index in [0.29, 0.717) is 5.92 Å². The summed E-state index contributed by atoms with van der Waals surface area (Å²) in [5.74, 6) is 2.41. The van der Waals surface area contributed by atoms with Crippen molar-refractivity contribution in [1.82, 2.24) is 0 Å². The van der Waals surface area contributed by atoms with E-state index in [0.717, 1.165) is 17.9 Å². The van der Waals surface area contributed by atoms with Gasteiger partial charge < -0.3 is 5.11 Å². The fourth-order valence-electron chi connectivity index (χ4n) is 2.54. The molecule has 0 aliphatic carbocycles. The molecule has 1 N–H and O–H groups in total. The summed E-state index contributed by atoms with van der Waals surface area (Å²) in [6.45, 7) is 0. The van der Waals surface area contributed by atoms with E-state index in [2.05, 4.69) is 42.5 Å². The van der Waals surface area contributed by atoms with Gasteiger partial charge in [0.15, 0.2) is 0 Å². The molecular weight excluding hydrogens is 228 g/mol. The van der Waals surface area contributed by atoms with Gasteiger partial charge in [0.2, 0.25) is 0 Å². The molecule has 17 heavy (non-hydrogen) atoms. The number of fused-ring (bicyclic) bond motifs is 1. The molecule has 0 bridgehead atoms. The zero-order chi connectivity index (χ0) is 11.7. The van der Waals surface area contributed by atoms with E-state index in [1.54, 1.807) is 0 Å². The first-order valence-corrected chi connectivity index (χ1v) is 7.22. The zero-order valence-corrected chi connectivity index (χ0v) is 10.5. The maximum atomic E-state index is 9.90. The molecule has 1 aliphatic rings. The van der Waals surface area contributed by atoms with Crippen LogP contribution in [0.2, 0.25) is 0 Å². The Hall–Kier alpha value is -0.990. The van der Waals surface area contributed by atoms with Crippen molar-refractivity contribution in [2.45, 2.75) is 12.5 Å². The number of benzene rings is 2. The van der Waals surface area contributed by atoms with Crippen LogP contribution in [0.1, 0.15) is 5.56 Å². The summed E-state index contributed by atoms with van der Waals surface area (Å²) in [6, 6.07) is 15.0. The highest BCUT2D eigenvalue weighted by Crippen LogP contribution is 2.29. The molecule has 1 aliphatic heterocycles. The number of aliphatic hydroxyl groups is 1. The Morgan fingerprint density at radius 1 is 1.06 bits per heavy atom. The molecule has 0 spiro atoms. The van der Waals surface area contributed by atoms with Gasteiger partial charge in [-0.25, -0.2) is 0 Å². The minimum absolute atomic E-state index is 0.126. The average molecular weight is 244 g/mol. The molecule has 2 unspecified atom stereocenters. The van der Waals surface area contributed by atoms with Crippen molar-refractivity contribution >= 4 is 22.5 Å². The Balaban J connectivity index is 1.94. The smallest absolute Gasteiger partial charge is 0.0669 e. The zero-order valence-electron chi connectivity index (χ0n) is 9.67. The third kappa shape index (κ3) is 2.20. The SMILES string of the molecule is OC1CSCC1Cc1cccc2ccccc12. The summed E-state index contributed by atoms with van der Waals surface area (Å²) in [5, 5.41) is 12.5. The highest BCUT2D eigenvalue weighted by Gasteiger charge is 2.26. The highest BCUT2D eigenvalue weighted by atomic mass is 32.2. The largest absolute Gasteiger partial charge is 0.392 e. The van der Waals surface area contributed by atoms with Crippen LogP contribution >= 0.6 is 11.8 Å². The average Bonchev–Trinajstić information content (AvgIpc) is 2.76. The summed E-state index contributed by atoms with van der Waals surface area (Å²) in [4.78, 5) is 0. The van der Waals surface area contributed by atoms with Gasteiger partial charge in [-0.1, -0.05) is 42.5 Å². The Morgan fingerprint density at radius 2 is 1.88 bits per heavy atom. The maximum Gasteiger partial charge on any atom is 0.0669 e. The topological polar surface area (TPSA) is 20.2 Å². The second-order valence-corrected chi connectivity index (χ2v) is 5.78. The number of aliphatic hydroxyl groups excluding tert-OH is 1. The Morgan fingerprint density at radius 3 is 2.71 bits per heavy atom. The molecular formula is C15H16OS. The van der Waals surface area contributed by atoms with Crippen LogP contribution in [0, 0.1) is 5.92 Å². The van der Waals surface area contributed by atoms with E-state index in [9.17, 15) is 5.11 Å². The van der Waals surface area contributed by atoms with Crippen LogP contribution < -0.4 is 0 Å². The van der Waals surface area contributed by atoms with Gasteiger partial charge >= 0.3 is 0 Å². The predicted molar refractivity (Wildman–Crippen MR) is 74.5 cm³/mol. The number of hydrogen-bond acceptors (Lipinski definition) is 2. The van der Waals surface area contributed by atoms with Crippen molar-refractivity contribution in [1.29, 1.82) is 0 Å². The van der Waals surface area contributed by atoms with Crippen molar-refractivity contribution < 1.29 is 5.11 Å². The molecule has 0 aromatic heterocycles. The number of hydrogen-bond donors (Lipinski definition) is 1. The van der Waals surface area contributed by atoms with Crippen molar-refractivity contribution in [2.24, 2.45) is 5.92 Å². The minimum Gasteiger partial charge on any atom is -0.392 e. The van der Waals surface area contributed by atoms with Gasteiger partial charge in [0.25, 0.3) is 0 Å². The fraction of sp³-hybridized carbons (Fsp3) is 0.333. The summed E-state index contributed by atoms with van der Waals surface area (Å²) >= 11 is 1.86. The highest BCUT2D eigenvalue weighted by molar-refractivity contribution is 7.99. The van der Waals surface area contributed by atoms with Gasteiger partial charge in [0.1, 0.15) is 0 Å². The Kier molecular flexibility index (Phi) is 3.08. The van der Waals surface area contributed by atoms with E-state index in [1.807, 2.05) is 11.8 Å². The summed E-state index contributed by atoms with van der Waals surface area (Å²) in [6.07, 6.45) is 0.870. The lowest BCUT2D eigenvalue weighted by Crippen LogP contribution is -2.19. The van der Waals surface area contributed by atoms with Gasteiger partial charge in [0, 0.05) is 5.75 Å². The van der Waals surface area contributed by atoms with E-state index in [1.165, 1.54) is 16.3 Å². The third-order valence-electron chi connectivity index (χ3n) is 3.53. The Labute approximate surface area is 106 Å². The monoisotopic (exact) mass is 244 g/mol. The molecule has 2 aromatic carbocycles. The molecule has 0 amide bonds. The van der Waals surface area contributed by atoms with Crippen LogP contribution in [-0.2, 0) is 6.42 Å². The lowest BCUT2D eigenvalue weighted by atomic mass is 9.93. The molecule has 2 heteroatoms. The first-order valence-electron chi connectivity index (χ1n) is 6.07. The van der Waals surface area contributed by atoms with Gasteiger partial charge in [-0.2, -0.15) is 11.8 Å². The van der Waals surface area contributed by atoms with Crippen LogP contribution in [0.15, 0.2) is 42.5 Å². The summed E-state index contributed by atoms with van der Waals surface area (Å²) in [5.41, 5.74) is 1.37. The molecule has 1 nitrogen and oxygen atoms in total. The van der Waals surface area contributed by atoms with Gasteiger partial charge in [0.05, 0.1) is 6.10 Å². The lowest BCUT2D eigenvalue weighted by molar-refractivity contribution is 0.150. The molecule has 1 saturated heterocycles. The summed E-state index contributed by atoms with van der Waals surface area (Å²) < 4.78 is 0. The van der Waals surface area contributed by atoms with E-state index >= 15 is 0 Å². The fourth-order valence-corrected chi connectivity index (χ4v) is 3.83. The first-order chi connectivity index (χ1) is 8.34. The van der Waals surface area contributed by atoms with Gasteiger partial charge in [-0.3, -0.25) is 0 Å². The number of thioether (sulfide) groups is 1. The molecule has 0 saturated carbocycles. The maximum absolute atomic E-state index is 9.90. The predicted octanol–water partition coefficient (Wildman–Crippen LogP) is 3.11. The van der Waals surface area contributed by atoms with Crippen LogP contribution in [0.3, 0.4) is 0 Å². The Bertz CT molecular complexity index is 518. The summed E-state index contributed by atoms with van der Waals surface area (Å²) in [7, 11) is 0. The second kappa shape index (κ2) is 4.71. The van der Waals surface area contributed by atoms with Crippen molar-refractivity contribution in [3.63, 3.8) is 0 Å². The molecule has 1 fully saturated rings. The second-order valence-electron chi connectivity index (χ2n) is 4.71. The first kappa shape index (κ1) is 11.1. The third-order valence-corrected chi connectivity index (χ3v) is 4.77. The van der Waals surface area contributed by atoms with Gasteiger partial charge in [-0.15, -0.1) is 0 Å². The molecule has 3 rings (SSSR count). The number of rotatable bonds is 2. The van der Waals surface area contributed by atoms with E-state index < -0.39 is 0 Å². The van der Waals surface area contributed by atoms with Crippen molar-refractivity contribution in [2.75, 3.05) is 11.5 Å². The molecule has 2 atom stereocenters. The van der Waals surface area contributed by atoms with Crippen LogP contribution in [-0.4, -0.2) is 22.7 Å². The van der Waals surface area contributed by atoms with Crippen LogP contribution in [0.5, 0.6) is 0 Å². The lowest BCUT2D eigenvalue weighted by Gasteiger charge is -2.14. The molecule has 0 radical (unpaired) electrons. The van der Waals surface area contributed by atoms with Crippen molar-refractivity contribution in [3.8, 4) is 0 Å². The van der Waals surface area contributed by atoms with E-state index in [-0.39, 0.29) is 6.10 Å². The molecule has 1 heterocycles. The van der Waals surface area contributed by atoms with Crippen LogP contribution in [0.25, 0.3) is 10.8 Å². The van der Waals surface area contributed by atoms with Crippen molar-refractivity contribution in [3.05, 3.63) is 48.0 Å². The quantitative estimate of drug-likeness (QED) is 0.876.